The molecule has 0 spiro atoms. The molecule has 0 aromatic heterocycles. The maximum atomic E-state index is 12.0. The second-order valence-electron chi connectivity index (χ2n) is 4.91. The number of nitrogens with two attached hydrogens (primary N) is 2. The summed E-state index contributed by atoms with van der Waals surface area (Å²) in [7, 11) is 0. The summed E-state index contributed by atoms with van der Waals surface area (Å²) in [5, 5.41) is 39.4. The Morgan fingerprint density at radius 1 is 1.04 bits per heavy atom. The average Bonchev–Trinajstić information content (AvgIpc) is 2.47. The topological polar surface area (TPSA) is 213 Å². The van der Waals surface area contributed by atoms with Gasteiger partial charge in [0.15, 0.2) is 0 Å². The molecule has 0 saturated carbocycles. The molecule has 23 heavy (non-hydrogen) atoms. The Kier molecular flexibility index (Phi) is 8.50. The van der Waals surface area contributed by atoms with E-state index in [2.05, 4.69) is 0 Å². The van der Waals surface area contributed by atoms with E-state index in [9.17, 15) is 34.5 Å². The number of Topliss-reactive ketones (excluding diaryl/α,β-unsaturated/α-hetero) is 2. The summed E-state index contributed by atoms with van der Waals surface area (Å²) in [5.74, 6) is -4.44. The molecule has 132 valence electrons. The van der Waals surface area contributed by atoms with Gasteiger partial charge in [0.1, 0.15) is 24.4 Å². The van der Waals surface area contributed by atoms with Crippen LogP contribution in [0.4, 0.5) is 0 Å². The van der Waals surface area contributed by atoms with E-state index in [-0.39, 0.29) is 0 Å². The molecular weight excluding hydrogens is 314 g/mol. The van der Waals surface area contributed by atoms with Crippen LogP contribution in [-0.4, -0.2) is 80.8 Å². The molecule has 2 amide bonds. The summed E-state index contributed by atoms with van der Waals surface area (Å²) >= 11 is 0. The molecule has 0 aliphatic carbocycles. The van der Waals surface area contributed by atoms with Gasteiger partial charge in [0.05, 0.1) is 12.6 Å². The molecule has 0 aliphatic rings. The van der Waals surface area contributed by atoms with Crippen molar-refractivity contribution in [1.29, 1.82) is 0 Å². The number of ketones is 2. The van der Waals surface area contributed by atoms with Gasteiger partial charge in [-0.2, -0.15) is 0 Å². The molecule has 0 saturated heterocycles. The molecule has 0 aromatic carbocycles. The van der Waals surface area contributed by atoms with Crippen molar-refractivity contribution in [2.75, 3.05) is 6.61 Å². The Morgan fingerprint density at radius 2 is 1.57 bits per heavy atom. The number of amides is 2. The summed E-state index contributed by atoms with van der Waals surface area (Å²) in [5.41, 5.74) is 10.2. The molecule has 0 rings (SSSR count). The van der Waals surface area contributed by atoms with Gasteiger partial charge in [-0.3, -0.25) is 19.2 Å². The van der Waals surface area contributed by atoms with Crippen LogP contribution in [0.15, 0.2) is 0 Å². The third kappa shape index (κ3) is 6.38. The number of carbonyl (C=O) groups is 4. The molecule has 0 heterocycles. The minimum absolute atomic E-state index is 0.630. The first-order valence-electron chi connectivity index (χ1n) is 6.57. The second-order valence-corrected chi connectivity index (χ2v) is 4.91. The van der Waals surface area contributed by atoms with Crippen LogP contribution >= 0.6 is 0 Å². The lowest BCUT2D eigenvalue weighted by Gasteiger charge is -2.28. The van der Waals surface area contributed by atoms with E-state index >= 15 is 0 Å². The van der Waals surface area contributed by atoms with Crippen molar-refractivity contribution < 1.29 is 39.6 Å². The number of hydrogen-bond donors (Lipinski definition) is 7. The standard InChI is InChI=1S/C12H21N3O8/c1-4(17)15-8(12(23)10(21)6(18)3-16)11(22)9(20)5(13)2-7(14)19/h5-6,8,10,12,16,18,21,23H,2-3,13H2,1H3,(H2,14,19)(H,15,17)/t5-,6+,8-,10-,12+/m0/s1. The van der Waals surface area contributed by atoms with Gasteiger partial charge in [-0.05, 0) is 0 Å². The predicted octanol–water partition coefficient (Wildman–Crippen LogP) is -5.09. The summed E-state index contributed by atoms with van der Waals surface area (Å²) in [6.07, 6.45) is -6.57. The molecule has 5 atom stereocenters. The number of rotatable bonds is 10. The first-order chi connectivity index (χ1) is 10.5. The van der Waals surface area contributed by atoms with Crippen LogP contribution in [0.5, 0.6) is 0 Å². The molecule has 0 aliphatic heterocycles. The van der Waals surface area contributed by atoms with E-state index in [1.165, 1.54) is 0 Å². The first kappa shape index (κ1) is 21.1. The SMILES string of the molecule is CC(=O)N[C@@H](C(=O)C(=O)[C@@H](N)CC(N)=O)[C@@H](O)[C@@H](O)[C@H](O)CO. The van der Waals surface area contributed by atoms with Crippen LogP contribution in [-0.2, 0) is 19.2 Å². The fourth-order valence-corrected chi connectivity index (χ4v) is 1.70. The van der Waals surface area contributed by atoms with Crippen LogP contribution in [0.3, 0.4) is 0 Å². The lowest BCUT2D eigenvalue weighted by atomic mass is 9.93. The molecule has 11 heteroatoms. The highest BCUT2D eigenvalue weighted by atomic mass is 16.4. The second kappa shape index (κ2) is 9.27. The number of aliphatic hydroxyl groups is 4. The smallest absolute Gasteiger partial charge is 0.225 e. The fraction of sp³-hybridized carbons (Fsp3) is 0.667. The van der Waals surface area contributed by atoms with Crippen LogP contribution in [0.2, 0.25) is 0 Å². The monoisotopic (exact) mass is 335 g/mol. The van der Waals surface area contributed by atoms with Gasteiger partial charge < -0.3 is 37.2 Å². The molecule has 0 fully saturated rings. The quantitative estimate of drug-likeness (QED) is 0.190. The van der Waals surface area contributed by atoms with E-state index in [0.717, 1.165) is 6.92 Å². The number of hydrogen-bond acceptors (Lipinski definition) is 9. The Hall–Kier alpha value is -1.92. The number of aliphatic hydroxyl groups excluding tert-OH is 4. The van der Waals surface area contributed by atoms with Crippen molar-refractivity contribution in [1.82, 2.24) is 5.32 Å². The van der Waals surface area contributed by atoms with Gasteiger partial charge >= 0.3 is 0 Å². The lowest BCUT2D eigenvalue weighted by Crippen LogP contribution is -2.59. The largest absolute Gasteiger partial charge is 0.394 e. The zero-order chi connectivity index (χ0) is 18.3. The van der Waals surface area contributed by atoms with E-state index in [4.69, 9.17) is 16.6 Å². The Bertz CT molecular complexity index is 469. The lowest BCUT2D eigenvalue weighted by molar-refractivity contribution is -0.146. The number of primary amides is 1. The van der Waals surface area contributed by atoms with E-state index in [1.54, 1.807) is 0 Å². The third-order valence-electron chi connectivity index (χ3n) is 2.91. The summed E-state index contributed by atoms with van der Waals surface area (Å²) in [6.45, 7) is 0.0456. The van der Waals surface area contributed by atoms with Crippen molar-refractivity contribution >= 4 is 23.4 Å². The van der Waals surface area contributed by atoms with E-state index in [1.807, 2.05) is 5.32 Å². The number of carbonyl (C=O) groups excluding carboxylic acids is 4. The zero-order valence-electron chi connectivity index (χ0n) is 12.4. The van der Waals surface area contributed by atoms with Crippen LogP contribution in [0.25, 0.3) is 0 Å². The average molecular weight is 335 g/mol. The predicted molar refractivity (Wildman–Crippen MR) is 74.5 cm³/mol. The highest BCUT2D eigenvalue weighted by Crippen LogP contribution is 2.08. The highest BCUT2D eigenvalue weighted by Gasteiger charge is 2.40. The molecule has 0 bridgehead atoms. The molecular formula is C12H21N3O8. The Labute approximate surface area is 131 Å². The highest BCUT2D eigenvalue weighted by molar-refractivity contribution is 6.41. The van der Waals surface area contributed by atoms with Crippen LogP contribution in [0, 0.1) is 0 Å². The minimum atomic E-state index is -2.10. The Balaban J connectivity index is 5.30. The van der Waals surface area contributed by atoms with Gasteiger partial charge in [-0.15, -0.1) is 0 Å². The van der Waals surface area contributed by atoms with Crippen molar-refractivity contribution in [3.05, 3.63) is 0 Å². The first-order valence-corrected chi connectivity index (χ1v) is 6.57. The van der Waals surface area contributed by atoms with Gasteiger partial charge in [0, 0.05) is 13.3 Å². The summed E-state index contributed by atoms with van der Waals surface area (Å²) in [6, 6.07) is -3.50. The van der Waals surface area contributed by atoms with Crippen LogP contribution in [0.1, 0.15) is 13.3 Å². The molecule has 9 N–H and O–H groups in total. The molecule has 0 unspecified atom stereocenters. The van der Waals surface area contributed by atoms with Crippen molar-refractivity contribution in [2.24, 2.45) is 11.5 Å². The maximum Gasteiger partial charge on any atom is 0.225 e. The number of nitrogens with one attached hydrogen (secondary N) is 1. The van der Waals surface area contributed by atoms with Crippen molar-refractivity contribution in [3.8, 4) is 0 Å². The van der Waals surface area contributed by atoms with Crippen molar-refractivity contribution in [3.63, 3.8) is 0 Å². The van der Waals surface area contributed by atoms with E-state index in [0.29, 0.717) is 0 Å². The van der Waals surface area contributed by atoms with Gasteiger partial charge in [-0.1, -0.05) is 0 Å². The fourth-order valence-electron chi connectivity index (χ4n) is 1.70. The summed E-state index contributed by atoms with van der Waals surface area (Å²) in [4.78, 5) is 45.7. The van der Waals surface area contributed by atoms with E-state index < -0.39 is 66.8 Å². The zero-order valence-corrected chi connectivity index (χ0v) is 12.4. The minimum Gasteiger partial charge on any atom is -0.394 e. The van der Waals surface area contributed by atoms with Gasteiger partial charge in [0.2, 0.25) is 23.4 Å². The third-order valence-corrected chi connectivity index (χ3v) is 2.91. The molecule has 0 aromatic rings. The maximum absolute atomic E-state index is 12.0. The normalized spacial score (nSPS) is 17.5. The van der Waals surface area contributed by atoms with Gasteiger partial charge in [-0.25, -0.2) is 0 Å². The van der Waals surface area contributed by atoms with Gasteiger partial charge in [0.25, 0.3) is 0 Å². The Morgan fingerprint density at radius 3 is 1.96 bits per heavy atom. The summed E-state index contributed by atoms with van der Waals surface area (Å²) < 4.78 is 0. The van der Waals surface area contributed by atoms with Crippen molar-refractivity contribution in [2.45, 2.75) is 43.7 Å². The van der Waals surface area contributed by atoms with Crippen LogP contribution < -0.4 is 16.8 Å². The molecule has 11 nitrogen and oxygen atoms in total. The molecule has 0 radical (unpaired) electrons.